The lowest BCUT2D eigenvalue weighted by Crippen LogP contribution is -2.52. The minimum atomic E-state index is -0.979. The van der Waals surface area contributed by atoms with Gasteiger partial charge in [-0.1, -0.05) is 5.16 Å². The molecule has 110 valence electrons. The molecule has 0 unspecified atom stereocenters. The first-order chi connectivity index (χ1) is 9.58. The first kappa shape index (κ1) is 14.7. The van der Waals surface area contributed by atoms with Gasteiger partial charge in [-0.05, 0) is 19.8 Å². The molecule has 20 heavy (non-hydrogen) atoms. The number of hydrogen-bond acceptors (Lipinski definition) is 6. The van der Waals surface area contributed by atoms with E-state index in [9.17, 15) is 4.79 Å². The van der Waals surface area contributed by atoms with Gasteiger partial charge in [0.1, 0.15) is 5.41 Å². The zero-order valence-electron chi connectivity index (χ0n) is 11.3. The molecule has 8 heteroatoms. The van der Waals surface area contributed by atoms with Crippen molar-refractivity contribution in [1.82, 2.24) is 10.3 Å². The highest BCUT2D eigenvalue weighted by Gasteiger charge is 2.44. The van der Waals surface area contributed by atoms with E-state index in [-0.39, 0.29) is 11.7 Å². The molecule has 1 fully saturated rings. The van der Waals surface area contributed by atoms with E-state index in [1.165, 1.54) is 11.3 Å². The molecule has 1 saturated heterocycles. The van der Waals surface area contributed by atoms with E-state index in [2.05, 4.69) is 15.5 Å². The second-order valence-electron chi connectivity index (χ2n) is 4.71. The second kappa shape index (κ2) is 6.19. The van der Waals surface area contributed by atoms with Crippen LogP contribution in [0.15, 0.2) is 11.4 Å². The molecule has 1 aliphatic heterocycles. The number of hydrogen-bond donors (Lipinski definition) is 3. The molecule has 0 atom stereocenters. The Hall–Kier alpha value is -1.67. The summed E-state index contributed by atoms with van der Waals surface area (Å²) in [5, 5.41) is 15.7. The quantitative estimate of drug-likeness (QED) is 0.326. The van der Waals surface area contributed by atoms with Crippen LogP contribution in [-0.4, -0.2) is 35.1 Å². The van der Waals surface area contributed by atoms with Gasteiger partial charge < -0.3 is 21.0 Å². The van der Waals surface area contributed by atoms with Crippen LogP contribution in [0.2, 0.25) is 0 Å². The van der Waals surface area contributed by atoms with Crippen LogP contribution >= 0.6 is 11.3 Å². The molecular formula is C12H18N4O3S. The number of carbonyl (C=O) groups is 1. The van der Waals surface area contributed by atoms with Gasteiger partial charge in [-0.2, -0.15) is 0 Å². The van der Waals surface area contributed by atoms with Crippen LogP contribution in [0.4, 0.5) is 0 Å². The molecular weight excluding hydrogens is 280 g/mol. The predicted octanol–water partition coefficient (Wildman–Crippen LogP) is 0.611. The predicted molar refractivity (Wildman–Crippen MR) is 74.6 cm³/mol. The number of oxime groups is 1. The number of carbonyl (C=O) groups excluding carboxylic acids is 1. The second-order valence-corrected chi connectivity index (χ2v) is 6.03. The number of nitrogens with two attached hydrogens (primary N) is 1. The lowest BCUT2D eigenvalue weighted by molar-refractivity contribution is -0.131. The van der Waals surface area contributed by atoms with E-state index in [0.29, 0.717) is 32.6 Å². The average molecular weight is 298 g/mol. The summed E-state index contributed by atoms with van der Waals surface area (Å²) in [6, 6.07) is 0. The molecule has 0 radical (unpaired) electrons. The van der Waals surface area contributed by atoms with Crippen molar-refractivity contribution >= 4 is 23.1 Å². The number of nitrogens with one attached hydrogen (secondary N) is 1. The maximum absolute atomic E-state index is 12.4. The summed E-state index contributed by atoms with van der Waals surface area (Å²) in [5.74, 6) is -0.291. The van der Waals surface area contributed by atoms with Gasteiger partial charge in [0.15, 0.2) is 5.84 Å². The van der Waals surface area contributed by atoms with Crippen molar-refractivity contribution in [3.05, 3.63) is 16.1 Å². The van der Waals surface area contributed by atoms with Gasteiger partial charge in [-0.25, -0.2) is 4.98 Å². The summed E-state index contributed by atoms with van der Waals surface area (Å²) >= 11 is 1.53. The van der Waals surface area contributed by atoms with Crippen molar-refractivity contribution in [2.24, 2.45) is 16.3 Å². The first-order valence-electron chi connectivity index (χ1n) is 6.34. The average Bonchev–Trinajstić information content (AvgIpc) is 2.90. The minimum Gasteiger partial charge on any atom is -0.409 e. The van der Waals surface area contributed by atoms with Crippen molar-refractivity contribution in [2.75, 3.05) is 13.2 Å². The monoisotopic (exact) mass is 298 g/mol. The molecule has 0 aliphatic carbocycles. The number of ether oxygens (including phenoxy) is 1. The van der Waals surface area contributed by atoms with Crippen molar-refractivity contribution in [3.63, 3.8) is 0 Å². The van der Waals surface area contributed by atoms with Gasteiger partial charge in [0.05, 0.1) is 11.6 Å². The largest absolute Gasteiger partial charge is 0.409 e. The molecule has 4 N–H and O–H groups in total. The molecule has 1 amide bonds. The normalized spacial score (nSPS) is 18.8. The minimum absolute atomic E-state index is 0.0567. The maximum Gasteiger partial charge on any atom is 0.234 e. The smallest absolute Gasteiger partial charge is 0.234 e. The Bertz CT molecular complexity index is 509. The van der Waals surface area contributed by atoms with E-state index in [1.54, 1.807) is 6.20 Å². The van der Waals surface area contributed by atoms with E-state index in [1.807, 2.05) is 6.92 Å². The molecule has 0 bridgehead atoms. The highest BCUT2D eigenvalue weighted by atomic mass is 32.1. The zero-order chi connectivity index (χ0) is 14.6. The van der Waals surface area contributed by atoms with Crippen LogP contribution in [0.5, 0.6) is 0 Å². The number of rotatable bonds is 4. The Morgan fingerprint density at radius 3 is 2.90 bits per heavy atom. The molecule has 2 rings (SSSR count). The fraction of sp³-hybridized carbons (Fsp3) is 0.583. The number of aryl methyl sites for hydroxylation is 1. The summed E-state index contributed by atoms with van der Waals surface area (Å²) in [5.41, 5.74) is 4.75. The van der Waals surface area contributed by atoms with Gasteiger partial charge in [0.25, 0.3) is 0 Å². The summed E-state index contributed by atoms with van der Waals surface area (Å²) in [6.07, 6.45) is 2.56. The third-order valence-electron chi connectivity index (χ3n) is 3.47. The van der Waals surface area contributed by atoms with E-state index < -0.39 is 5.41 Å². The van der Waals surface area contributed by atoms with Gasteiger partial charge in [-0.3, -0.25) is 4.79 Å². The van der Waals surface area contributed by atoms with Gasteiger partial charge in [-0.15, -0.1) is 11.3 Å². The topological polar surface area (TPSA) is 110 Å². The van der Waals surface area contributed by atoms with Crippen molar-refractivity contribution in [1.29, 1.82) is 0 Å². The van der Waals surface area contributed by atoms with Crippen LogP contribution < -0.4 is 11.1 Å². The number of nitrogens with zero attached hydrogens (tertiary/aromatic N) is 2. The van der Waals surface area contributed by atoms with Gasteiger partial charge >= 0.3 is 0 Å². The van der Waals surface area contributed by atoms with Crippen LogP contribution in [0.3, 0.4) is 0 Å². The first-order valence-corrected chi connectivity index (χ1v) is 7.15. The molecule has 1 aromatic rings. The fourth-order valence-electron chi connectivity index (χ4n) is 2.24. The van der Waals surface area contributed by atoms with Gasteiger partial charge in [0.2, 0.25) is 5.91 Å². The van der Waals surface area contributed by atoms with E-state index in [4.69, 9.17) is 15.7 Å². The van der Waals surface area contributed by atoms with Crippen molar-refractivity contribution < 1.29 is 14.7 Å². The number of amidine groups is 1. The SMILES string of the molecule is Cc1ncc(CNC(=O)C2(C(N)=NO)CCOCC2)s1. The van der Waals surface area contributed by atoms with Crippen LogP contribution in [0.1, 0.15) is 22.7 Å². The standard InChI is InChI=1S/C12H18N4O3S/c1-8-14-6-9(20-8)7-15-11(17)12(10(13)16-18)2-4-19-5-3-12/h6,18H,2-5,7H2,1H3,(H2,13,16)(H,15,17). The van der Waals surface area contributed by atoms with E-state index >= 15 is 0 Å². The summed E-state index contributed by atoms with van der Waals surface area (Å²) < 4.78 is 5.26. The molecule has 0 spiro atoms. The molecule has 1 aliphatic rings. The molecule has 0 aromatic carbocycles. The summed E-state index contributed by atoms with van der Waals surface area (Å²) in [4.78, 5) is 17.6. The van der Waals surface area contributed by atoms with Crippen molar-refractivity contribution in [2.45, 2.75) is 26.3 Å². The lowest BCUT2D eigenvalue weighted by atomic mass is 9.78. The van der Waals surface area contributed by atoms with Crippen LogP contribution in [0.25, 0.3) is 0 Å². The molecule has 0 saturated carbocycles. The Labute approximate surface area is 120 Å². The lowest BCUT2D eigenvalue weighted by Gasteiger charge is -2.34. The Morgan fingerprint density at radius 1 is 1.65 bits per heavy atom. The maximum atomic E-state index is 12.4. The Balaban J connectivity index is 2.07. The Morgan fingerprint density at radius 2 is 2.35 bits per heavy atom. The summed E-state index contributed by atoms with van der Waals surface area (Å²) in [6.45, 7) is 3.14. The van der Waals surface area contributed by atoms with Crippen LogP contribution in [0, 0.1) is 12.3 Å². The fourth-order valence-corrected chi connectivity index (χ4v) is 2.97. The molecule has 1 aromatic heterocycles. The van der Waals surface area contributed by atoms with E-state index in [0.717, 1.165) is 9.88 Å². The Kier molecular flexibility index (Phi) is 4.56. The number of thiazole rings is 1. The highest BCUT2D eigenvalue weighted by Crippen LogP contribution is 2.31. The number of aromatic nitrogens is 1. The third-order valence-corrected chi connectivity index (χ3v) is 4.38. The number of amides is 1. The van der Waals surface area contributed by atoms with Crippen LogP contribution in [-0.2, 0) is 16.1 Å². The van der Waals surface area contributed by atoms with Crippen molar-refractivity contribution in [3.8, 4) is 0 Å². The van der Waals surface area contributed by atoms with Gasteiger partial charge in [0, 0.05) is 24.3 Å². The zero-order valence-corrected chi connectivity index (χ0v) is 12.1. The molecule has 2 heterocycles. The molecule has 7 nitrogen and oxygen atoms in total. The third kappa shape index (κ3) is 2.91. The highest BCUT2D eigenvalue weighted by molar-refractivity contribution is 7.11. The summed E-state index contributed by atoms with van der Waals surface area (Å²) in [7, 11) is 0.